The molecule has 6 heteroatoms. The highest BCUT2D eigenvalue weighted by molar-refractivity contribution is 9.10. The number of likely N-dealkylation sites (tertiary alicyclic amines) is 1. The van der Waals surface area contributed by atoms with E-state index in [0.29, 0.717) is 5.69 Å². The molecule has 122 valence electrons. The quantitative estimate of drug-likeness (QED) is 0.712. The van der Waals surface area contributed by atoms with Gasteiger partial charge in [0.2, 0.25) is 0 Å². The molecule has 3 aromatic rings. The Kier molecular flexibility index (Phi) is 3.98. The predicted molar refractivity (Wildman–Crippen MR) is 95.5 cm³/mol. The summed E-state index contributed by atoms with van der Waals surface area (Å²) in [4.78, 5) is 18.0. The number of aromatic nitrogens is 3. The van der Waals surface area contributed by atoms with Gasteiger partial charge in [0.05, 0.1) is 11.7 Å². The molecular formula is C18H17BrN4O. The van der Waals surface area contributed by atoms with Gasteiger partial charge in [-0.25, -0.2) is 0 Å². The molecule has 4 rings (SSSR count). The Bertz CT molecular complexity index is 838. The highest BCUT2D eigenvalue weighted by atomic mass is 79.9. The number of carbonyl (C=O) groups is 1. The highest BCUT2D eigenvalue weighted by Crippen LogP contribution is 2.32. The molecule has 1 aromatic carbocycles. The minimum atomic E-state index is 0.00274. The lowest BCUT2D eigenvalue weighted by Crippen LogP contribution is -2.31. The molecule has 0 spiro atoms. The van der Waals surface area contributed by atoms with Gasteiger partial charge < -0.3 is 9.88 Å². The fourth-order valence-electron chi connectivity index (χ4n) is 3.24. The molecule has 24 heavy (non-hydrogen) atoms. The van der Waals surface area contributed by atoms with Crippen LogP contribution in [0.2, 0.25) is 0 Å². The largest absolute Gasteiger partial charge is 0.363 e. The van der Waals surface area contributed by atoms with Gasteiger partial charge in [-0.3, -0.25) is 9.89 Å². The number of hydrogen-bond donors (Lipinski definition) is 2. The van der Waals surface area contributed by atoms with Gasteiger partial charge in [-0.2, -0.15) is 5.10 Å². The van der Waals surface area contributed by atoms with Crippen molar-refractivity contribution in [1.29, 1.82) is 0 Å². The molecule has 2 aromatic heterocycles. The normalized spacial score (nSPS) is 17.4. The molecule has 1 amide bonds. The van der Waals surface area contributed by atoms with Crippen molar-refractivity contribution in [2.24, 2.45) is 0 Å². The number of amides is 1. The average Bonchev–Trinajstić information content (AvgIpc) is 3.34. The van der Waals surface area contributed by atoms with Crippen LogP contribution in [0.3, 0.4) is 0 Å². The molecule has 0 radical (unpaired) electrons. The first kappa shape index (κ1) is 15.2. The zero-order valence-corrected chi connectivity index (χ0v) is 14.6. The van der Waals surface area contributed by atoms with E-state index in [4.69, 9.17) is 0 Å². The summed E-state index contributed by atoms with van der Waals surface area (Å²) in [7, 11) is 0. The molecule has 1 fully saturated rings. The molecule has 1 aliphatic rings. The molecule has 0 bridgehead atoms. The number of benzene rings is 1. The number of nitrogens with one attached hydrogen (secondary N) is 2. The Morgan fingerprint density at radius 1 is 1.25 bits per heavy atom. The molecule has 2 N–H and O–H groups in total. The zero-order chi connectivity index (χ0) is 16.5. The van der Waals surface area contributed by atoms with E-state index in [2.05, 4.69) is 31.1 Å². The summed E-state index contributed by atoms with van der Waals surface area (Å²) in [6.07, 6.45) is 3.90. The first-order valence-electron chi connectivity index (χ1n) is 7.98. The van der Waals surface area contributed by atoms with Crippen molar-refractivity contribution in [2.75, 3.05) is 6.54 Å². The number of halogens is 1. The first-order valence-corrected chi connectivity index (χ1v) is 8.77. The van der Waals surface area contributed by atoms with E-state index in [1.807, 2.05) is 53.6 Å². The molecule has 0 aliphatic carbocycles. The third kappa shape index (κ3) is 2.78. The van der Waals surface area contributed by atoms with E-state index in [-0.39, 0.29) is 11.9 Å². The van der Waals surface area contributed by atoms with E-state index >= 15 is 0 Å². The standard InChI is InChI=1S/C18H17BrN4O/c19-13-7-5-12(6-8-13)15-11-16(22-21-15)18(24)23-10-2-4-17(23)14-3-1-9-20-14/h1,3,5-9,11,17,20H,2,4,10H2,(H,21,22). The van der Waals surface area contributed by atoms with E-state index in [1.54, 1.807) is 0 Å². The van der Waals surface area contributed by atoms with Crippen LogP contribution >= 0.6 is 15.9 Å². The summed E-state index contributed by atoms with van der Waals surface area (Å²) in [6, 6.07) is 13.8. The van der Waals surface area contributed by atoms with Crippen LogP contribution in [0, 0.1) is 0 Å². The minimum absolute atomic E-state index is 0.00274. The average molecular weight is 385 g/mol. The second-order valence-electron chi connectivity index (χ2n) is 5.96. The molecule has 1 atom stereocenters. The van der Waals surface area contributed by atoms with E-state index in [0.717, 1.165) is 40.8 Å². The van der Waals surface area contributed by atoms with Gasteiger partial charge >= 0.3 is 0 Å². The maximum absolute atomic E-state index is 12.9. The lowest BCUT2D eigenvalue weighted by Gasteiger charge is -2.23. The maximum atomic E-state index is 12.9. The summed E-state index contributed by atoms with van der Waals surface area (Å²) >= 11 is 3.42. The second kappa shape index (κ2) is 6.28. The molecule has 0 saturated carbocycles. The number of H-pyrrole nitrogens is 2. The van der Waals surface area contributed by atoms with Crippen molar-refractivity contribution in [2.45, 2.75) is 18.9 Å². The molecular weight excluding hydrogens is 368 g/mol. The van der Waals surface area contributed by atoms with Crippen LogP contribution in [0.15, 0.2) is 53.1 Å². The number of hydrogen-bond acceptors (Lipinski definition) is 2. The maximum Gasteiger partial charge on any atom is 0.272 e. The molecule has 3 heterocycles. The first-order chi connectivity index (χ1) is 11.7. The van der Waals surface area contributed by atoms with Crippen LogP contribution in [0.5, 0.6) is 0 Å². The topological polar surface area (TPSA) is 64.8 Å². The zero-order valence-electron chi connectivity index (χ0n) is 13.0. The Labute approximate surface area is 148 Å². The molecule has 1 aliphatic heterocycles. The molecule has 5 nitrogen and oxygen atoms in total. The Balaban J connectivity index is 1.57. The second-order valence-corrected chi connectivity index (χ2v) is 6.87. The van der Waals surface area contributed by atoms with Crippen LogP contribution in [0.1, 0.15) is 35.1 Å². The van der Waals surface area contributed by atoms with Crippen molar-refractivity contribution >= 4 is 21.8 Å². The van der Waals surface area contributed by atoms with Gasteiger partial charge in [-0.05, 0) is 43.2 Å². The SMILES string of the molecule is O=C(c1cc(-c2ccc(Br)cc2)n[nH]1)N1CCCC1c1ccc[nH]1. The monoisotopic (exact) mass is 384 g/mol. The van der Waals surface area contributed by atoms with E-state index in [1.165, 1.54) is 0 Å². The van der Waals surface area contributed by atoms with Crippen LogP contribution in [0.4, 0.5) is 0 Å². The van der Waals surface area contributed by atoms with Gasteiger partial charge in [-0.15, -0.1) is 0 Å². The number of aromatic amines is 2. The van der Waals surface area contributed by atoms with Crippen molar-refractivity contribution in [3.63, 3.8) is 0 Å². The van der Waals surface area contributed by atoms with Crippen molar-refractivity contribution in [3.05, 3.63) is 64.5 Å². The van der Waals surface area contributed by atoms with Crippen molar-refractivity contribution in [3.8, 4) is 11.3 Å². The Morgan fingerprint density at radius 3 is 2.83 bits per heavy atom. The minimum Gasteiger partial charge on any atom is -0.363 e. The van der Waals surface area contributed by atoms with Crippen LogP contribution in [-0.2, 0) is 0 Å². The van der Waals surface area contributed by atoms with Gasteiger partial charge in [-0.1, -0.05) is 28.1 Å². The number of nitrogens with zero attached hydrogens (tertiary/aromatic N) is 2. The highest BCUT2D eigenvalue weighted by Gasteiger charge is 2.32. The van der Waals surface area contributed by atoms with Crippen molar-refractivity contribution < 1.29 is 4.79 Å². The van der Waals surface area contributed by atoms with Crippen LogP contribution in [0.25, 0.3) is 11.3 Å². The van der Waals surface area contributed by atoms with Gasteiger partial charge in [0.15, 0.2) is 0 Å². The van der Waals surface area contributed by atoms with Crippen molar-refractivity contribution in [1.82, 2.24) is 20.1 Å². The fourth-order valence-corrected chi connectivity index (χ4v) is 3.50. The fraction of sp³-hybridized carbons (Fsp3) is 0.222. The predicted octanol–water partition coefficient (Wildman–Crippen LogP) is 4.14. The van der Waals surface area contributed by atoms with Gasteiger partial charge in [0.25, 0.3) is 5.91 Å². The molecule has 1 unspecified atom stereocenters. The lowest BCUT2D eigenvalue weighted by molar-refractivity contribution is 0.0727. The summed E-state index contributed by atoms with van der Waals surface area (Å²) in [6.45, 7) is 0.773. The summed E-state index contributed by atoms with van der Waals surface area (Å²) < 4.78 is 1.02. The Hall–Kier alpha value is -2.34. The number of carbonyl (C=O) groups excluding carboxylic acids is 1. The summed E-state index contributed by atoms with van der Waals surface area (Å²) in [5.74, 6) is 0.00274. The third-order valence-corrected chi connectivity index (χ3v) is 4.97. The molecule has 1 saturated heterocycles. The Morgan fingerprint density at radius 2 is 2.08 bits per heavy atom. The third-order valence-electron chi connectivity index (χ3n) is 4.44. The number of rotatable bonds is 3. The lowest BCUT2D eigenvalue weighted by atomic mass is 10.1. The van der Waals surface area contributed by atoms with Crippen LogP contribution < -0.4 is 0 Å². The smallest absolute Gasteiger partial charge is 0.272 e. The van der Waals surface area contributed by atoms with Gasteiger partial charge in [0, 0.05) is 28.5 Å². The summed E-state index contributed by atoms with van der Waals surface area (Å²) in [5.41, 5.74) is 3.39. The van der Waals surface area contributed by atoms with E-state index < -0.39 is 0 Å². The van der Waals surface area contributed by atoms with E-state index in [9.17, 15) is 4.79 Å². The summed E-state index contributed by atoms with van der Waals surface area (Å²) in [5, 5.41) is 7.20. The van der Waals surface area contributed by atoms with Gasteiger partial charge in [0.1, 0.15) is 5.69 Å². The van der Waals surface area contributed by atoms with Crippen LogP contribution in [-0.4, -0.2) is 32.5 Å².